The molecule has 102 valence electrons. The minimum absolute atomic E-state index is 0.302. The fraction of sp³-hybridized carbons (Fsp3) is 0.615. The fourth-order valence-corrected chi connectivity index (χ4v) is 2.80. The van der Waals surface area contributed by atoms with E-state index in [4.69, 9.17) is 0 Å². The molecule has 0 saturated heterocycles. The van der Waals surface area contributed by atoms with Crippen LogP contribution in [0, 0.1) is 5.92 Å². The van der Waals surface area contributed by atoms with Gasteiger partial charge in [0.15, 0.2) is 5.65 Å². The van der Waals surface area contributed by atoms with Gasteiger partial charge in [-0.2, -0.15) is 5.10 Å². The molecule has 2 heterocycles. The molecule has 0 bridgehead atoms. The maximum Gasteiger partial charge on any atom is 0.186 e. The number of fused-ring (bicyclic) bond motifs is 1. The number of aliphatic hydroxyl groups is 1. The number of nitrogens with zero attached hydrogens (tertiary/aromatic N) is 4. The minimum atomic E-state index is -0.302. The predicted molar refractivity (Wildman–Crippen MR) is 72.8 cm³/mol. The van der Waals surface area contributed by atoms with Crippen molar-refractivity contribution < 1.29 is 5.11 Å². The van der Waals surface area contributed by atoms with E-state index in [1.54, 1.807) is 4.68 Å². The average Bonchev–Trinajstić information content (AvgIpc) is 3.03. The number of hydrogen-bond acceptors (Lipinski definition) is 5. The van der Waals surface area contributed by atoms with Gasteiger partial charge in [-0.05, 0) is 18.8 Å². The normalized spacial score (nSPS) is 18.0. The molecule has 1 atom stereocenters. The maximum absolute atomic E-state index is 10.2. The first-order valence-electron chi connectivity index (χ1n) is 6.80. The van der Waals surface area contributed by atoms with Crippen LogP contribution >= 0.6 is 0 Å². The van der Waals surface area contributed by atoms with E-state index in [2.05, 4.69) is 20.4 Å². The van der Waals surface area contributed by atoms with Crippen LogP contribution in [0.5, 0.6) is 0 Å². The SMILES string of the molecule is Cn1cc2c(NCC(O)C3CCCC3)ncnc2n1. The summed E-state index contributed by atoms with van der Waals surface area (Å²) in [6.45, 7) is 0.533. The van der Waals surface area contributed by atoms with Gasteiger partial charge in [-0.15, -0.1) is 0 Å². The lowest BCUT2D eigenvalue weighted by atomic mass is 10.0. The average molecular weight is 261 g/mol. The Kier molecular flexibility index (Phi) is 3.33. The van der Waals surface area contributed by atoms with Crippen LogP contribution in [-0.4, -0.2) is 37.5 Å². The third-order valence-corrected chi connectivity index (χ3v) is 3.85. The monoisotopic (exact) mass is 261 g/mol. The quantitative estimate of drug-likeness (QED) is 0.868. The predicted octanol–water partition coefficient (Wildman–Crippen LogP) is 1.33. The lowest BCUT2D eigenvalue weighted by molar-refractivity contribution is 0.123. The van der Waals surface area contributed by atoms with Crippen LogP contribution in [0.2, 0.25) is 0 Å². The van der Waals surface area contributed by atoms with E-state index in [9.17, 15) is 5.11 Å². The number of aromatic nitrogens is 4. The number of aryl methyl sites for hydroxylation is 1. The lowest BCUT2D eigenvalue weighted by Crippen LogP contribution is -2.27. The van der Waals surface area contributed by atoms with Crippen LogP contribution in [0.3, 0.4) is 0 Å². The Morgan fingerprint density at radius 3 is 3.00 bits per heavy atom. The third-order valence-electron chi connectivity index (χ3n) is 3.85. The molecule has 1 aliphatic carbocycles. The first-order valence-corrected chi connectivity index (χ1v) is 6.80. The van der Waals surface area contributed by atoms with E-state index in [0.717, 1.165) is 24.0 Å². The topological polar surface area (TPSA) is 75.9 Å². The summed E-state index contributed by atoms with van der Waals surface area (Å²) >= 11 is 0. The Labute approximate surface area is 111 Å². The Bertz CT molecular complexity index is 561. The van der Waals surface area contributed by atoms with Gasteiger partial charge in [-0.25, -0.2) is 9.97 Å². The van der Waals surface area contributed by atoms with E-state index in [0.29, 0.717) is 18.1 Å². The van der Waals surface area contributed by atoms with Crippen molar-refractivity contribution in [3.63, 3.8) is 0 Å². The minimum Gasteiger partial charge on any atom is -0.391 e. The molecule has 19 heavy (non-hydrogen) atoms. The molecule has 0 radical (unpaired) electrons. The summed E-state index contributed by atoms with van der Waals surface area (Å²) in [6.07, 6.45) is 7.83. The van der Waals surface area contributed by atoms with Crippen molar-refractivity contribution in [2.24, 2.45) is 13.0 Å². The van der Waals surface area contributed by atoms with Crippen LogP contribution < -0.4 is 5.32 Å². The summed E-state index contributed by atoms with van der Waals surface area (Å²) < 4.78 is 1.72. The van der Waals surface area contributed by atoms with Crippen molar-refractivity contribution in [3.8, 4) is 0 Å². The second-order valence-corrected chi connectivity index (χ2v) is 5.26. The number of rotatable bonds is 4. The summed E-state index contributed by atoms with van der Waals surface area (Å²) in [7, 11) is 1.86. The molecule has 0 aliphatic heterocycles. The van der Waals surface area contributed by atoms with E-state index in [-0.39, 0.29) is 6.10 Å². The van der Waals surface area contributed by atoms with E-state index < -0.39 is 0 Å². The van der Waals surface area contributed by atoms with Gasteiger partial charge >= 0.3 is 0 Å². The molecule has 6 heteroatoms. The number of nitrogens with one attached hydrogen (secondary N) is 1. The molecule has 2 N–H and O–H groups in total. The van der Waals surface area contributed by atoms with Crippen molar-refractivity contribution >= 4 is 16.9 Å². The molecule has 1 aliphatic rings. The van der Waals surface area contributed by atoms with Crippen LogP contribution in [0.25, 0.3) is 11.0 Å². The molecule has 0 amide bonds. The van der Waals surface area contributed by atoms with Crippen LogP contribution in [-0.2, 0) is 7.05 Å². The summed E-state index contributed by atoms with van der Waals surface area (Å²) in [6, 6.07) is 0. The lowest BCUT2D eigenvalue weighted by Gasteiger charge is -2.18. The molecule has 1 saturated carbocycles. The van der Waals surface area contributed by atoms with Crippen molar-refractivity contribution in [2.45, 2.75) is 31.8 Å². The summed E-state index contributed by atoms with van der Waals surface area (Å²) in [5.74, 6) is 1.17. The van der Waals surface area contributed by atoms with Gasteiger partial charge in [0.1, 0.15) is 12.1 Å². The standard InChI is InChI=1S/C13H19N5O/c1-18-7-10-12(15-8-16-13(10)17-18)14-6-11(19)9-4-2-3-5-9/h7-9,11,19H,2-6H2,1H3,(H,14,15,16,17). The first-order chi connectivity index (χ1) is 9.24. The van der Waals surface area contributed by atoms with Crippen LogP contribution in [0.1, 0.15) is 25.7 Å². The molecule has 2 aromatic rings. The maximum atomic E-state index is 10.2. The van der Waals surface area contributed by atoms with Crippen molar-refractivity contribution in [2.75, 3.05) is 11.9 Å². The van der Waals surface area contributed by atoms with E-state index in [1.165, 1.54) is 19.2 Å². The highest BCUT2D eigenvalue weighted by Gasteiger charge is 2.23. The first kappa shape index (κ1) is 12.3. The van der Waals surface area contributed by atoms with Crippen LogP contribution in [0.4, 0.5) is 5.82 Å². The van der Waals surface area contributed by atoms with Gasteiger partial charge < -0.3 is 10.4 Å². The van der Waals surface area contributed by atoms with Crippen LogP contribution in [0.15, 0.2) is 12.5 Å². The number of hydrogen-bond donors (Lipinski definition) is 2. The Morgan fingerprint density at radius 1 is 1.42 bits per heavy atom. The Balaban J connectivity index is 1.70. The van der Waals surface area contributed by atoms with E-state index >= 15 is 0 Å². The molecule has 6 nitrogen and oxygen atoms in total. The van der Waals surface area contributed by atoms with Gasteiger partial charge in [-0.3, -0.25) is 4.68 Å². The molecule has 0 aromatic carbocycles. The number of aliphatic hydroxyl groups excluding tert-OH is 1. The zero-order valence-corrected chi connectivity index (χ0v) is 11.1. The highest BCUT2D eigenvalue weighted by Crippen LogP contribution is 2.28. The number of anilines is 1. The highest BCUT2D eigenvalue weighted by molar-refractivity contribution is 5.85. The van der Waals surface area contributed by atoms with Gasteiger partial charge in [0.25, 0.3) is 0 Å². The summed E-state index contributed by atoms with van der Waals surface area (Å²) in [4.78, 5) is 8.35. The second kappa shape index (κ2) is 5.13. The fourth-order valence-electron chi connectivity index (χ4n) is 2.80. The molecule has 3 rings (SSSR count). The third kappa shape index (κ3) is 2.53. The summed E-state index contributed by atoms with van der Waals surface area (Å²) in [5, 5.41) is 18.5. The largest absolute Gasteiger partial charge is 0.391 e. The second-order valence-electron chi connectivity index (χ2n) is 5.26. The van der Waals surface area contributed by atoms with Crippen molar-refractivity contribution in [1.29, 1.82) is 0 Å². The smallest absolute Gasteiger partial charge is 0.186 e. The molecular weight excluding hydrogens is 242 g/mol. The Hall–Kier alpha value is -1.69. The zero-order chi connectivity index (χ0) is 13.2. The van der Waals surface area contributed by atoms with Crippen molar-refractivity contribution in [3.05, 3.63) is 12.5 Å². The Morgan fingerprint density at radius 2 is 2.21 bits per heavy atom. The highest BCUT2D eigenvalue weighted by atomic mass is 16.3. The van der Waals surface area contributed by atoms with Gasteiger partial charge in [0.05, 0.1) is 11.5 Å². The van der Waals surface area contributed by atoms with Crippen molar-refractivity contribution in [1.82, 2.24) is 19.7 Å². The molecule has 2 aromatic heterocycles. The molecule has 1 unspecified atom stereocenters. The van der Waals surface area contributed by atoms with Gasteiger partial charge in [0, 0.05) is 19.8 Å². The van der Waals surface area contributed by atoms with Gasteiger partial charge in [0.2, 0.25) is 0 Å². The van der Waals surface area contributed by atoms with Gasteiger partial charge in [-0.1, -0.05) is 12.8 Å². The summed E-state index contributed by atoms with van der Waals surface area (Å²) in [5.41, 5.74) is 0.676. The molecular formula is C13H19N5O. The van der Waals surface area contributed by atoms with E-state index in [1.807, 2.05) is 13.2 Å². The molecule has 0 spiro atoms. The zero-order valence-electron chi connectivity index (χ0n) is 11.1. The molecule has 1 fully saturated rings.